The second-order valence-corrected chi connectivity index (χ2v) is 9.20. The third-order valence-corrected chi connectivity index (χ3v) is 6.05. The first-order valence-electron chi connectivity index (χ1n) is 12.1. The zero-order valence-corrected chi connectivity index (χ0v) is 21.1. The van der Waals surface area contributed by atoms with Crippen LogP contribution in [0.1, 0.15) is 39.6 Å². The number of hydrogen-bond acceptors (Lipinski definition) is 7. The highest BCUT2D eigenvalue weighted by molar-refractivity contribution is 5.83. The minimum atomic E-state index is -0.360. The second-order valence-electron chi connectivity index (χ2n) is 9.20. The Kier molecular flexibility index (Phi) is 7.87. The zero-order chi connectivity index (χ0) is 24.9. The Morgan fingerprint density at radius 3 is 2.69 bits per heavy atom. The van der Waals surface area contributed by atoms with E-state index in [9.17, 15) is 4.39 Å². The van der Waals surface area contributed by atoms with Crippen molar-refractivity contribution in [1.82, 2.24) is 24.4 Å². The minimum absolute atomic E-state index is 0.165. The van der Waals surface area contributed by atoms with Gasteiger partial charge < -0.3 is 14.6 Å². The Morgan fingerprint density at radius 1 is 1.20 bits per heavy atom. The molecule has 3 heterocycles. The molecule has 1 atom stereocenters. The van der Waals surface area contributed by atoms with Gasteiger partial charge in [0.1, 0.15) is 29.3 Å². The van der Waals surface area contributed by atoms with E-state index in [1.54, 1.807) is 6.07 Å². The highest BCUT2D eigenvalue weighted by Crippen LogP contribution is 2.29. The number of morpholine rings is 1. The first kappa shape index (κ1) is 24.9. The van der Waals surface area contributed by atoms with Crippen LogP contribution >= 0.6 is 0 Å². The molecule has 1 aliphatic rings. The number of aryl methyl sites for hydroxylation is 1. The van der Waals surface area contributed by atoms with Crippen molar-refractivity contribution in [3.8, 4) is 11.3 Å². The highest BCUT2D eigenvalue weighted by atomic mass is 19.1. The van der Waals surface area contributed by atoms with Gasteiger partial charge in [-0.15, -0.1) is 0 Å². The van der Waals surface area contributed by atoms with E-state index in [1.807, 2.05) is 36.8 Å². The minimum Gasteiger partial charge on any atom is -0.379 e. The summed E-state index contributed by atoms with van der Waals surface area (Å²) in [6.45, 7) is 14.5. The molecule has 4 rings (SSSR count). The maximum Gasteiger partial charge on any atom is 0.151 e. The van der Waals surface area contributed by atoms with Gasteiger partial charge in [-0.2, -0.15) is 0 Å². The molecule has 3 aromatic rings. The van der Waals surface area contributed by atoms with Crippen LogP contribution in [0.25, 0.3) is 22.3 Å². The lowest BCUT2D eigenvalue weighted by Crippen LogP contribution is -2.39. The van der Waals surface area contributed by atoms with Gasteiger partial charge in [-0.25, -0.2) is 24.3 Å². The quantitative estimate of drug-likeness (QED) is 0.466. The van der Waals surface area contributed by atoms with E-state index in [1.165, 1.54) is 12.4 Å². The fraction of sp³-hybridized carbons (Fsp3) is 0.462. The van der Waals surface area contributed by atoms with Crippen LogP contribution in [0.15, 0.2) is 41.4 Å². The van der Waals surface area contributed by atoms with Gasteiger partial charge in [0.15, 0.2) is 5.82 Å². The highest BCUT2D eigenvalue weighted by Gasteiger charge is 2.16. The Bertz CT molecular complexity index is 1230. The lowest BCUT2D eigenvalue weighted by Gasteiger charge is -2.27. The van der Waals surface area contributed by atoms with E-state index < -0.39 is 0 Å². The van der Waals surface area contributed by atoms with E-state index >= 15 is 0 Å². The fourth-order valence-electron chi connectivity index (χ4n) is 4.41. The summed E-state index contributed by atoms with van der Waals surface area (Å²) in [7, 11) is 0. The first-order chi connectivity index (χ1) is 16.9. The Morgan fingerprint density at radius 2 is 1.97 bits per heavy atom. The van der Waals surface area contributed by atoms with Crippen LogP contribution in [0, 0.1) is 18.7 Å². The topological polar surface area (TPSA) is 80.5 Å². The summed E-state index contributed by atoms with van der Waals surface area (Å²) in [6, 6.07) is 5.39. The summed E-state index contributed by atoms with van der Waals surface area (Å²) < 4.78 is 22.4. The molecule has 1 aliphatic heterocycles. The van der Waals surface area contributed by atoms with Crippen molar-refractivity contribution in [3.05, 3.63) is 48.1 Å². The van der Waals surface area contributed by atoms with E-state index in [0.717, 1.165) is 44.2 Å². The van der Waals surface area contributed by atoms with Crippen LogP contribution in [0.3, 0.4) is 0 Å². The summed E-state index contributed by atoms with van der Waals surface area (Å²) in [5.74, 6) is 2.01. The predicted octanol–water partition coefficient (Wildman–Crippen LogP) is 4.83. The molecular formula is C26H34FN7O. The number of aromatic nitrogens is 4. The zero-order valence-electron chi connectivity index (χ0n) is 21.1. The molecule has 9 heteroatoms. The number of aliphatic imine (C=N–C) groups is 1. The van der Waals surface area contributed by atoms with E-state index in [0.29, 0.717) is 34.3 Å². The van der Waals surface area contributed by atoms with Crippen LogP contribution in [-0.2, 0) is 4.74 Å². The molecule has 1 N–H and O–H groups in total. The van der Waals surface area contributed by atoms with Gasteiger partial charge in [0, 0.05) is 49.4 Å². The average Bonchev–Trinajstić information content (AvgIpc) is 3.19. The number of rotatable bonds is 8. The second kappa shape index (κ2) is 11.0. The Hall–Kier alpha value is -3.17. The van der Waals surface area contributed by atoms with Crippen molar-refractivity contribution in [2.75, 3.05) is 38.2 Å². The molecule has 0 saturated carbocycles. The SMILES string of the molecule is C/C=C(\N=C/C(C)CN1CCOCC1)Nc1cc(-c2cc(F)c3nc(C)n(C(C)C)c3c2)ncn1. The number of fused-ring (bicyclic) bond motifs is 1. The van der Waals surface area contributed by atoms with Crippen LogP contribution in [0.5, 0.6) is 0 Å². The van der Waals surface area contributed by atoms with Gasteiger partial charge in [0.05, 0.1) is 24.4 Å². The van der Waals surface area contributed by atoms with Crippen LogP contribution < -0.4 is 5.32 Å². The van der Waals surface area contributed by atoms with Crippen molar-refractivity contribution >= 4 is 23.1 Å². The van der Waals surface area contributed by atoms with Gasteiger partial charge in [0.25, 0.3) is 0 Å². The molecule has 0 radical (unpaired) electrons. The molecule has 0 bridgehead atoms. The number of imidazole rings is 1. The number of hydrogen-bond donors (Lipinski definition) is 1. The maximum absolute atomic E-state index is 14.9. The molecule has 1 saturated heterocycles. The number of ether oxygens (including phenoxy) is 1. The monoisotopic (exact) mass is 479 g/mol. The van der Waals surface area contributed by atoms with Crippen molar-refractivity contribution < 1.29 is 9.13 Å². The van der Waals surface area contributed by atoms with E-state index in [2.05, 4.69) is 50.9 Å². The van der Waals surface area contributed by atoms with Crippen molar-refractivity contribution in [2.45, 2.75) is 40.7 Å². The number of benzene rings is 1. The molecule has 1 fully saturated rings. The normalized spacial score (nSPS) is 16.5. The lowest BCUT2D eigenvalue weighted by atomic mass is 10.1. The van der Waals surface area contributed by atoms with Crippen molar-refractivity contribution in [1.29, 1.82) is 0 Å². The summed E-state index contributed by atoms with van der Waals surface area (Å²) in [6.07, 6.45) is 5.33. The lowest BCUT2D eigenvalue weighted by molar-refractivity contribution is 0.0354. The molecule has 0 aliphatic carbocycles. The third kappa shape index (κ3) is 5.91. The van der Waals surface area contributed by atoms with Gasteiger partial charge in [-0.3, -0.25) is 4.90 Å². The number of allylic oxidation sites excluding steroid dienone is 1. The largest absolute Gasteiger partial charge is 0.379 e. The molecule has 186 valence electrons. The Labute approximate surface area is 206 Å². The van der Waals surface area contributed by atoms with E-state index in [-0.39, 0.29) is 11.9 Å². The molecular weight excluding hydrogens is 445 g/mol. The average molecular weight is 480 g/mol. The van der Waals surface area contributed by atoms with Crippen molar-refractivity contribution in [2.24, 2.45) is 10.9 Å². The molecule has 2 aromatic heterocycles. The summed E-state index contributed by atoms with van der Waals surface area (Å²) in [5.41, 5.74) is 2.43. The predicted molar refractivity (Wildman–Crippen MR) is 138 cm³/mol. The molecule has 0 spiro atoms. The molecule has 1 unspecified atom stereocenters. The van der Waals surface area contributed by atoms with Crippen LogP contribution in [0.2, 0.25) is 0 Å². The Balaban J connectivity index is 1.51. The maximum atomic E-state index is 14.9. The summed E-state index contributed by atoms with van der Waals surface area (Å²) in [5, 5.41) is 3.25. The van der Waals surface area contributed by atoms with Crippen molar-refractivity contribution in [3.63, 3.8) is 0 Å². The standard InChI is InChI=1S/C26H34FN7O/c1-6-24(28-14-18(4)15-33-7-9-35-10-8-33)32-25-13-22(29-16-30-25)20-11-21(27)26-23(12-20)34(17(2)3)19(5)31-26/h6,11-14,16-18H,7-10,15H2,1-5H3,(H,29,30,32)/b24-6+,28-14-. The molecule has 35 heavy (non-hydrogen) atoms. The molecule has 1 aromatic carbocycles. The third-order valence-electron chi connectivity index (χ3n) is 6.05. The van der Waals surface area contributed by atoms with E-state index in [4.69, 9.17) is 4.74 Å². The number of nitrogens with one attached hydrogen (secondary N) is 1. The van der Waals surface area contributed by atoms with Gasteiger partial charge in [0.2, 0.25) is 0 Å². The van der Waals surface area contributed by atoms with Gasteiger partial charge in [-0.05, 0) is 45.9 Å². The van der Waals surface area contributed by atoms with Gasteiger partial charge >= 0.3 is 0 Å². The summed E-state index contributed by atoms with van der Waals surface area (Å²) >= 11 is 0. The van der Waals surface area contributed by atoms with Gasteiger partial charge in [-0.1, -0.05) is 6.92 Å². The molecule has 8 nitrogen and oxygen atoms in total. The fourth-order valence-corrected chi connectivity index (χ4v) is 4.41. The smallest absolute Gasteiger partial charge is 0.151 e. The summed E-state index contributed by atoms with van der Waals surface area (Å²) in [4.78, 5) is 20.2. The number of anilines is 1. The first-order valence-corrected chi connectivity index (χ1v) is 12.1. The van der Waals surface area contributed by atoms with Crippen LogP contribution in [-0.4, -0.2) is 63.5 Å². The number of nitrogens with zero attached hydrogens (tertiary/aromatic N) is 6. The molecule has 0 amide bonds. The van der Waals surface area contributed by atoms with Crippen LogP contribution in [0.4, 0.5) is 10.2 Å². The number of halogens is 1.